The Morgan fingerprint density at radius 1 is 1.17 bits per heavy atom. The molecule has 2 amide bonds. The van der Waals surface area contributed by atoms with Crippen LogP contribution >= 0.6 is 0 Å². The predicted molar refractivity (Wildman–Crippen MR) is 104 cm³/mol. The highest BCUT2D eigenvalue weighted by molar-refractivity contribution is 5.95. The normalized spacial score (nSPS) is 16.0. The van der Waals surface area contributed by atoms with Gasteiger partial charge in [-0.25, -0.2) is 9.59 Å². The van der Waals surface area contributed by atoms with Gasteiger partial charge in [0.2, 0.25) is 5.75 Å². The van der Waals surface area contributed by atoms with Crippen LogP contribution in [0.4, 0.5) is 10.5 Å². The summed E-state index contributed by atoms with van der Waals surface area (Å²) in [6, 6.07) is 1.16. The standard InChI is InChI=1S/C19H25N3O7/c1-5-7-28-14-10-15(29-8-6-2)13(22(25)26)9-12(14)17-16(18(23)27-4)11(3)20-19(24)21-17/h9-10,17H,5-8H2,1-4H3,(H2,20,21,24). The number of methoxy groups -OCH3 is 1. The molecule has 0 bridgehead atoms. The molecule has 0 fully saturated rings. The van der Waals surface area contributed by atoms with Crippen molar-refractivity contribution in [2.75, 3.05) is 20.3 Å². The number of carbonyl (C=O) groups excluding carboxylic acids is 2. The number of allylic oxidation sites excluding steroid dienone is 1. The van der Waals surface area contributed by atoms with Gasteiger partial charge in [-0.2, -0.15) is 0 Å². The number of urea groups is 1. The van der Waals surface area contributed by atoms with Gasteiger partial charge in [-0.15, -0.1) is 0 Å². The minimum Gasteiger partial charge on any atom is -0.493 e. The molecular formula is C19H25N3O7. The molecule has 10 heteroatoms. The lowest BCUT2D eigenvalue weighted by atomic mass is 9.94. The van der Waals surface area contributed by atoms with Crippen molar-refractivity contribution >= 4 is 17.7 Å². The topological polar surface area (TPSA) is 129 Å². The third-order valence-corrected chi connectivity index (χ3v) is 4.20. The van der Waals surface area contributed by atoms with Crippen molar-refractivity contribution in [3.05, 3.63) is 39.1 Å². The molecule has 0 aliphatic carbocycles. The van der Waals surface area contributed by atoms with Crippen LogP contribution in [0.5, 0.6) is 11.5 Å². The van der Waals surface area contributed by atoms with E-state index in [0.29, 0.717) is 31.8 Å². The first-order valence-electron chi connectivity index (χ1n) is 9.28. The maximum absolute atomic E-state index is 12.3. The lowest BCUT2D eigenvalue weighted by Crippen LogP contribution is -2.45. The summed E-state index contributed by atoms with van der Waals surface area (Å²) in [6.07, 6.45) is 1.36. The Bertz CT molecular complexity index is 835. The summed E-state index contributed by atoms with van der Waals surface area (Å²) < 4.78 is 16.1. The van der Waals surface area contributed by atoms with Crippen molar-refractivity contribution in [2.45, 2.75) is 39.7 Å². The fourth-order valence-electron chi connectivity index (χ4n) is 2.91. The largest absolute Gasteiger partial charge is 0.493 e. The van der Waals surface area contributed by atoms with E-state index in [1.165, 1.54) is 19.2 Å². The van der Waals surface area contributed by atoms with E-state index in [4.69, 9.17) is 14.2 Å². The van der Waals surface area contributed by atoms with Gasteiger partial charge < -0.3 is 24.8 Å². The maximum atomic E-state index is 12.3. The minimum atomic E-state index is -0.984. The van der Waals surface area contributed by atoms with Gasteiger partial charge in [0.15, 0.2) is 0 Å². The average Bonchev–Trinajstić information content (AvgIpc) is 2.69. The van der Waals surface area contributed by atoms with Gasteiger partial charge in [0.25, 0.3) is 0 Å². The van der Waals surface area contributed by atoms with Crippen molar-refractivity contribution in [3.8, 4) is 11.5 Å². The number of amides is 2. The second-order valence-corrected chi connectivity index (χ2v) is 6.37. The highest BCUT2D eigenvalue weighted by Crippen LogP contribution is 2.41. The van der Waals surface area contributed by atoms with E-state index in [0.717, 1.165) is 0 Å². The van der Waals surface area contributed by atoms with Crippen LogP contribution in [0.25, 0.3) is 0 Å². The molecule has 29 heavy (non-hydrogen) atoms. The zero-order valence-electron chi connectivity index (χ0n) is 16.9. The Hall–Kier alpha value is -3.30. The monoisotopic (exact) mass is 407 g/mol. The first-order valence-corrected chi connectivity index (χ1v) is 9.28. The van der Waals surface area contributed by atoms with Gasteiger partial charge in [0.1, 0.15) is 5.75 Å². The molecule has 0 spiro atoms. The van der Waals surface area contributed by atoms with Crippen molar-refractivity contribution in [2.24, 2.45) is 0 Å². The second-order valence-electron chi connectivity index (χ2n) is 6.37. The van der Waals surface area contributed by atoms with Gasteiger partial charge in [0.05, 0.1) is 36.9 Å². The van der Waals surface area contributed by atoms with Crippen LogP contribution < -0.4 is 20.1 Å². The van der Waals surface area contributed by atoms with Crippen LogP contribution in [-0.4, -0.2) is 37.2 Å². The summed E-state index contributed by atoms with van der Waals surface area (Å²) >= 11 is 0. The van der Waals surface area contributed by atoms with Gasteiger partial charge in [-0.1, -0.05) is 13.8 Å². The Labute approximate surface area is 168 Å². The molecule has 158 valence electrons. The smallest absolute Gasteiger partial charge is 0.337 e. The van der Waals surface area contributed by atoms with Gasteiger partial charge in [0, 0.05) is 23.4 Å². The predicted octanol–water partition coefficient (Wildman–Crippen LogP) is 2.97. The van der Waals surface area contributed by atoms with Crippen LogP contribution in [0.15, 0.2) is 23.4 Å². The molecule has 2 rings (SSSR count). The molecule has 1 aromatic carbocycles. The zero-order valence-corrected chi connectivity index (χ0v) is 16.9. The second kappa shape index (κ2) is 9.76. The summed E-state index contributed by atoms with van der Waals surface area (Å²) in [7, 11) is 1.22. The van der Waals surface area contributed by atoms with Crippen LogP contribution in [0.1, 0.15) is 45.2 Å². The Morgan fingerprint density at radius 3 is 2.34 bits per heavy atom. The molecule has 2 N–H and O–H groups in total. The molecule has 1 unspecified atom stereocenters. The highest BCUT2D eigenvalue weighted by atomic mass is 16.6. The molecule has 1 aromatic rings. The lowest BCUT2D eigenvalue weighted by Gasteiger charge is -2.29. The SMILES string of the molecule is CCCOc1cc(OCCC)c([N+](=O)[O-])cc1C1NC(=O)NC(C)=C1C(=O)OC. The van der Waals surface area contributed by atoms with Gasteiger partial charge in [-0.3, -0.25) is 10.1 Å². The molecule has 1 atom stereocenters. The number of hydrogen-bond acceptors (Lipinski definition) is 7. The van der Waals surface area contributed by atoms with E-state index in [1.807, 2.05) is 13.8 Å². The lowest BCUT2D eigenvalue weighted by molar-refractivity contribution is -0.386. The Kier molecular flexibility index (Phi) is 7.40. The number of ether oxygens (including phenoxy) is 3. The summed E-state index contributed by atoms with van der Waals surface area (Å²) in [6.45, 7) is 5.99. The van der Waals surface area contributed by atoms with Crippen LogP contribution in [-0.2, 0) is 9.53 Å². The molecule has 1 heterocycles. The fourth-order valence-corrected chi connectivity index (χ4v) is 2.91. The third-order valence-electron chi connectivity index (χ3n) is 4.20. The van der Waals surface area contributed by atoms with E-state index in [2.05, 4.69) is 10.6 Å². The fraction of sp³-hybridized carbons (Fsp3) is 0.474. The van der Waals surface area contributed by atoms with Crippen molar-refractivity contribution < 1.29 is 28.7 Å². The highest BCUT2D eigenvalue weighted by Gasteiger charge is 2.35. The summed E-state index contributed by atoms with van der Waals surface area (Å²) in [5.41, 5.74) is 0.404. The van der Waals surface area contributed by atoms with E-state index < -0.39 is 23.0 Å². The maximum Gasteiger partial charge on any atom is 0.337 e. The zero-order chi connectivity index (χ0) is 21.6. The molecule has 0 radical (unpaired) electrons. The Balaban J connectivity index is 2.67. The number of nitrogens with zero attached hydrogens (tertiary/aromatic N) is 1. The number of rotatable bonds is 9. The summed E-state index contributed by atoms with van der Waals surface area (Å²) in [4.78, 5) is 35.5. The van der Waals surface area contributed by atoms with Crippen LogP contribution in [0.3, 0.4) is 0 Å². The number of hydrogen-bond donors (Lipinski definition) is 2. The molecule has 0 aromatic heterocycles. The average molecular weight is 407 g/mol. The van der Waals surface area contributed by atoms with E-state index in [-0.39, 0.29) is 28.3 Å². The Morgan fingerprint density at radius 2 is 1.79 bits per heavy atom. The molecular weight excluding hydrogens is 382 g/mol. The van der Waals surface area contributed by atoms with Crippen LogP contribution in [0.2, 0.25) is 0 Å². The van der Waals surface area contributed by atoms with E-state index >= 15 is 0 Å². The first kappa shape index (κ1) is 22.0. The third kappa shape index (κ3) is 4.95. The number of nitro groups is 1. The number of carbonyl (C=O) groups is 2. The van der Waals surface area contributed by atoms with Crippen molar-refractivity contribution in [1.29, 1.82) is 0 Å². The summed E-state index contributed by atoms with van der Waals surface area (Å²) in [5.74, 6) is -0.326. The molecule has 10 nitrogen and oxygen atoms in total. The minimum absolute atomic E-state index is 0.0623. The van der Waals surface area contributed by atoms with Crippen molar-refractivity contribution in [3.63, 3.8) is 0 Å². The summed E-state index contributed by atoms with van der Waals surface area (Å²) in [5, 5.41) is 16.8. The number of nitrogens with one attached hydrogen (secondary N) is 2. The van der Waals surface area contributed by atoms with Gasteiger partial charge >= 0.3 is 17.7 Å². The number of benzene rings is 1. The molecule has 1 aliphatic heterocycles. The number of esters is 1. The molecule has 0 saturated heterocycles. The number of nitro benzene ring substituents is 1. The van der Waals surface area contributed by atoms with E-state index in [1.54, 1.807) is 6.92 Å². The van der Waals surface area contributed by atoms with E-state index in [9.17, 15) is 19.7 Å². The first-order chi connectivity index (χ1) is 13.8. The van der Waals surface area contributed by atoms with Crippen molar-refractivity contribution in [1.82, 2.24) is 10.6 Å². The quantitative estimate of drug-likeness (QED) is 0.366. The van der Waals surface area contributed by atoms with Crippen LogP contribution in [0, 0.1) is 10.1 Å². The molecule has 1 aliphatic rings. The van der Waals surface area contributed by atoms with Gasteiger partial charge in [-0.05, 0) is 19.8 Å². The molecule has 0 saturated carbocycles.